The maximum absolute atomic E-state index is 13.1. The summed E-state index contributed by atoms with van der Waals surface area (Å²) in [7, 11) is 0. The number of piperidine rings is 1. The SMILES string of the molecule is CC(C)n1c(=O)c(C(=O)NC2CC3CCC(C2)N3CCCCO)cc2ccccc21. The van der Waals surface area contributed by atoms with Crippen molar-refractivity contribution in [3.63, 3.8) is 0 Å². The number of rotatable bonds is 7. The third-order valence-electron chi connectivity index (χ3n) is 6.75. The highest BCUT2D eigenvalue weighted by atomic mass is 16.3. The molecule has 0 spiro atoms. The molecule has 2 fully saturated rings. The number of benzene rings is 1. The van der Waals surface area contributed by atoms with Crippen LogP contribution in [0.2, 0.25) is 0 Å². The molecule has 2 saturated heterocycles. The molecule has 1 aromatic heterocycles. The van der Waals surface area contributed by atoms with Crippen molar-refractivity contribution in [1.82, 2.24) is 14.8 Å². The summed E-state index contributed by atoms with van der Waals surface area (Å²) in [6.45, 7) is 5.22. The largest absolute Gasteiger partial charge is 0.396 e. The van der Waals surface area contributed by atoms with Crippen molar-refractivity contribution in [2.24, 2.45) is 0 Å². The zero-order chi connectivity index (χ0) is 21.3. The van der Waals surface area contributed by atoms with Gasteiger partial charge in [0.25, 0.3) is 11.5 Å². The van der Waals surface area contributed by atoms with Crippen LogP contribution < -0.4 is 10.9 Å². The Hall–Kier alpha value is -2.18. The molecule has 4 rings (SSSR count). The Morgan fingerprint density at radius 3 is 2.53 bits per heavy atom. The quantitative estimate of drug-likeness (QED) is 0.687. The van der Waals surface area contributed by atoms with E-state index in [1.165, 1.54) is 12.8 Å². The predicted octanol–water partition coefficient (Wildman–Crippen LogP) is 3.08. The van der Waals surface area contributed by atoms with Crippen LogP contribution in [0.15, 0.2) is 35.1 Å². The highest BCUT2D eigenvalue weighted by molar-refractivity contribution is 5.97. The first-order valence-corrected chi connectivity index (χ1v) is 11.3. The molecule has 2 aliphatic rings. The van der Waals surface area contributed by atoms with E-state index in [2.05, 4.69) is 10.2 Å². The average Bonchev–Trinajstić information content (AvgIpc) is 2.95. The molecular weight excluding hydrogens is 378 g/mol. The van der Waals surface area contributed by atoms with Gasteiger partial charge in [-0.1, -0.05) is 18.2 Å². The number of fused-ring (bicyclic) bond motifs is 3. The molecular formula is C24H33N3O3. The summed E-state index contributed by atoms with van der Waals surface area (Å²) in [5.41, 5.74) is 0.883. The number of aliphatic hydroxyl groups excluding tert-OH is 1. The van der Waals surface area contributed by atoms with Crippen LogP contribution in [0.1, 0.15) is 68.8 Å². The van der Waals surface area contributed by atoms with Crippen LogP contribution in [-0.4, -0.2) is 51.8 Å². The lowest BCUT2D eigenvalue weighted by molar-refractivity contribution is 0.0835. The van der Waals surface area contributed by atoms with Crippen LogP contribution in [0, 0.1) is 0 Å². The van der Waals surface area contributed by atoms with E-state index in [1.807, 2.05) is 38.1 Å². The van der Waals surface area contributed by atoms with Crippen LogP contribution in [-0.2, 0) is 0 Å². The molecule has 2 atom stereocenters. The van der Waals surface area contributed by atoms with E-state index in [0.29, 0.717) is 12.1 Å². The van der Waals surface area contributed by atoms with Crippen molar-refractivity contribution in [3.05, 3.63) is 46.2 Å². The van der Waals surface area contributed by atoms with Gasteiger partial charge in [-0.05, 0) is 76.4 Å². The number of unbranched alkanes of at least 4 members (excludes halogenated alkanes) is 1. The third-order valence-corrected chi connectivity index (χ3v) is 6.75. The van der Waals surface area contributed by atoms with E-state index >= 15 is 0 Å². The van der Waals surface area contributed by atoms with Gasteiger partial charge in [-0.2, -0.15) is 0 Å². The molecule has 6 nitrogen and oxygen atoms in total. The van der Waals surface area contributed by atoms with Crippen molar-refractivity contribution in [2.75, 3.05) is 13.2 Å². The maximum atomic E-state index is 13.1. The number of aliphatic hydroxyl groups is 1. The molecule has 0 radical (unpaired) electrons. The number of aromatic nitrogens is 1. The monoisotopic (exact) mass is 411 g/mol. The van der Waals surface area contributed by atoms with Gasteiger partial charge in [0, 0.05) is 30.8 Å². The molecule has 2 bridgehead atoms. The number of pyridine rings is 1. The molecule has 0 aliphatic carbocycles. The Kier molecular flexibility index (Phi) is 6.25. The highest BCUT2D eigenvalue weighted by Crippen LogP contribution is 2.36. The van der Waals surface area contributed by atoms with Crippen molar-refractivity contribution in [3.8, 4) is 0 Å². The van der Waals surface area contributed by atoms with E-state index in [9.17, 15) is 9.59 Å². The third kappa shape index (κ3) is 4.03. The van der Waals surface area contributed by atoms with Gasteiger partial charge in [-0.3, -0.25) is 14.5 Å². The van der Waals surface area contributed by atoms with Crippen molar-refractivity contribution in [1.29, 1.82) is 0 Å². The van der Waals surface area contributed by atoms with Crippen molar-refractivity contribution >= 4 is 16.8 Å². The summed E-state index contributed by atoms with van der Waals surface area (Å²) in [6.07, 6.45) is 6.09. The molecule has 1 amide bonds. The molecule has 2 aromatic rings. The Labute approximate surface area is 177 Å². The van der Waals surface area contributed by atoms with Crippen LogP contribution in [0.4, 0.5) is 0 Å². The first kappa shape index (κ1) is 21.1. The number of para-hydroxylation sites is 1. The van der Waals surface area contributed by atoms with Crippen LogP contribution >= 0.6 is 0 Å². The number of nitrogens with zero attached hydrogens (tertiary/aromatic N) is 2. The lowest BCUT2D eigenvalue weighted by Crippen LogP contribution is -2.51. The molecule has 30 heavy (non-hydrogen) atoms. The molecule has 0 saturated carbocycles. The second kappa shape index (κ2) is 8.90. The van der Waals surface area contributed by atoms with Crippen LogP contribution in [0.3, 0.4) is 0 Å². The predicted molar refractivity (Wildman–Crippen MR) is 119 cm³/mol. The summed E-state index contributed by atoms with van der Waals surface area (Å²) in [4.78, 5) is 28.8. The van der Waals surface area contributed by atoms with Crippen LogP contribution in [0.25, 0.3) is 10.9 Å². The number of carbonyl (C=O) groups is 1. The number of hydrogen-bond donors (Lipinski definition) is 2. The van der Waals surface area contributed by atoms with E-state index in [4.69, 9.17) is 5.11 Å². The Morgan fingerprint density at radius 1 is 1.17 bits per heavy atom. The van der Waals surface area contributed by atoms with Gasteiger partial charge in [0.2, 0.25) is 0 Å². The Morgan fingerprint density at radius 2 is 1.87 bits per heavy atom. The zero-order valence-electron chi connectivity index (χ0n) is 18.0. The fraction of sp³-hybridized carbons (Fsp3) is 0.583. The number of hydrogen-bond acceptors (Lipinski definition) is 4. The fourth-order valence-corrected chi connectivity index (χ4v) is 5.39. The van der Waals surface area contributed by atoms with Gasteiger partial charge in [0.15, 0.2) is 0 Å². The summed E-state index contributed by atoms with van der Waals surface area (Å²) < 4.78 is 1.72. The minimum Gasteiger partial charge on any atom is -0.396 e. The minimum absolute atomic E-state index is 0.0202. The number of amides is 1. The molecule has 2 unspecified atom stereocenters. The second-order valence-electron chi connectivity index (χ2n) is 9.08. The molecule has 162 valence electrons. The van der Waals surface area contributed by atoms with Gasteiger partial charge in [-0.15, -0.1) is 0 Å². The molecule has 2 aliphatic heterocycles. The molecule has 1 aromatic carbocycles. The second-order valence-corrected chi connectivity index (χ2v) is 9.08. The standard InChI is InChI=1S/C24H33N3O3/c1-16(2)27-22-8-4-3-7-17(22)13-21(24(27)30)23(29)25-18-14-19-9-10-20(15-18)26(19)11-5-6-12-28/h3-4,7-8,13,16,18-20,28H,5-6,9-12,14-15H2,1-2H3,(H,25,29). The summed E-state index contributed by atoms with van der Waals surface area (Å²) in [5, 5.41) is 13.1. The normalized spacial score (nSPS) is 23.9. The van der Waals surface area contributed by atoms with Gasteiger partial charge in [0.1, 0.15) is 5.56 Å². The van der Waals surface area contributed by atoms with Gasteiger partial charge in [-0.25, -0.2) is 0 Å². The minimum atomic E-state index is -0.252. The smallest absolute Gasteiger partial charge is 0.264 e. The molecule has 6 heteroatoms. The lowest BCUT2D eigenvalue weighted by Gasteiger charge is -2.39. The summed E-state index contributed by atoms with van der Waals surface area (Å²) in [5.74, 6) is -0.252. The van der Waals surface area contributed by atoms with E-state index in [0.717, 1.165) is 43.1 Å². The fourth-order valence-electron chi connectivity index (χ4n) is 5.39. The van der Waals surface area contributed by atoms with E-state index in [-0.39, 0.29) is 35.7 Å². The van der Waals surface area contributed by atoms with E-state index in [1.54, 1.807) is 10.6 Å². The van der Waals surface area contributed by atoms with Gasteiger partial charge in [0.05, 0.1) is 5.52 Å². The summed E-state index contributed by atoms with van der Waals surface area (Å²) >= 11 is 0. The van der Waals surface area contributed by atoms with Gasteiger partial charge >= 0.3 is 0 Å². The lowest BCUT2D eigenvalue weighted by atomic mass is 9.96. The van der Waals surface area contributed by atoms with Crippen molar-refractivity contribution in [2.45, 2.75) is 76.5 Å². The van der Waals surface area contributed by atoms with Crippen molar-refractivity contribution < 1.29 is 9.90 Å². The zero-order valence-corrected chi connectivity index (χ0v) is 18.0. The summed E-state index contributed by atoms with van der Waals surface area (Å²) in [6, 6.07) is 10.6. The number of carbonyl (C=O) groups excluding carboxylic acids is 1. The van der Waals surface area contributed by atoms with Crippen LogP contribution in [0.5, 0.6) is 0 Å². The molecule has 3 heterocycles. The Bertz CT molecular complexity index is 954. The first-order chi connectivity index (χ1) is 14.5. The van der Waals surface area contributed by atoms with Gasteiger partial charge < -0.3 is 15.0 Å². The average molecular weight is 412 g/mol. The molecule has 2 N–H and O–H groups in total. The highest BCUT2D eigenvalue weighted by Gasteiger charge is 2.40. The van der Waals surface area contributed by atoms with E-state index < -0.39 is 0 Å². The number of nitrogens with one attached hydrogen (secondary N) is 1. The topological polar surface area (TPSA) is 74.6 Å². The maximum Gasteiger partial charge on any atom is 0.264 e. The first-order valence-electron chi connectivity index (χ1n) is 11.3. The Balaban J connectivity index is 1.51.